The van der Waals surface area contributed by atoms with Gasteiger partial charge in [-0.1, -0.05) is 6.42 Å². The van der Waals surface area contributed by atoms with Gasteiger partial charge in [0.1, 0.15) is 5.69 Å². The molecule has 0 bridgehead atoms. The first-order valence-electron chi connectivity index (χ1n) is 4.38. The average molecular weight is 160 g/mol. The molecule has 0 radical (unpaired) electrons. The number of rotatable bonds is 2. The van der Waals surface area contributed by atoms with Crippen LogP contribution in [-0.2, 0) is 6.54 Å². The number of hydrogen-bond donors (Lipinski definition) is 0. The second kappa shape index (κ2) is 3.02. The fraction of sp³-hybridized carbons (Fsp3) is 0.500. The molecule has 0 amide bonds. The molecule has 2 rings (SSSR count). The molecule has 0 aliphatic heterocycles. The van der Waals surface area contributed by atoms with E-state index in [9.17, 15) is 0 Å². The molecule has 0 atom stereocenters. The van der Waals surface area contributed by atoms with Gasteiger partial charge < -0.3 is 0 Å². The third-order valence-corrected chi connectivity index (χ3v) is 2.46. The van der Waals surface area contributed by atoms with Crippen LogP contribution in [0.1, 0.15) is 25.0 Å². The Labute approximate surface area is 72.6 Å². The molecule has 1 saturated carbocycles. The molecule has 0 saturated heterocycles. The minimum Gasteiger partial charge on any atom is -0.271 e. The van der Waals surface area contributed by atoms with Gasteiger partial charge in [-0.05, 0) is 30.7 Å². The number of aromatic nitrogens is 2. The predicted octanol–water partition coefficient (Wildman–Crippen LogP) is 1.66. The zero-order chi connectivity index (χ0) is 8.39. The van der Waals surface area contributed by atoms with Crippen molar-refractivity contribution in [2.24, 2.45) is 5.92 Å². The largest absolute Gasteiger partial charge is 0.271 e. The summed E-state index contributed by atoms with van der Waals surface area (Å²) >= 11 is 0. The van der Waals surface area contributed by atoms with E-state index in [1.165, 1.54) is 19.3 Å². The maximum atomic E-state index is 5.21. The fourth-order valence-corrected chi connectivity index (χ4v) is 1.48. The summed E-state index contributed by atoms with van der Waals surface area (Å²) in [4.78, 5) is 0. The van der Waals surface area contributed by atoms with E-state index in [0.29, 0.717) is 0 Å². The molecule has 0 spiro atoms. The summed E-state index contributed by atoms with van der Waals surface area (Å²) in [5, 5.41) is 4.23. The summed E-state index contributed by atoms with van der Waals surface area (Å²) < 4.78 is 1.96. The van der Waals surface area contributed by atoms with Crippen molar-refractivity contribution in [3.05, 3.63) is 18.0 Å². The summed E-state index contributed by atoms with van der Waals surface area (Å²) in [6.45, 7) is 1.04. The summed E-state index contributed by atoms with van der Waals surface area (Å²) in [6.07, 6.45) is 11.3. The summed E-state index contributed by atoms with van der Waals surface area (Å²) in [5.41, 5.74) is 0.745. The molecular formula is C10H12N2. The minimum absolute atomic E-state index is 0.745. The Hall–Kier alpha value is -1.23. The monoisotopic (exact) mass is 160 g/mol. The van der Waals surface area contributed by atoms with Gasteiger partial charge in [0.15, 0.2) is 0 Å². The summed E-state index contributed by atoms with van der Waals surface area (Å²) in [5.74, 6) is 3.37. The molecule has 62 valence electrons. The smallest absolute Gasteiger partial charge is 0.134 e. The third kappa shape index (κ3) is 1.35. The highest BCUT2D eigenvalue weighted by Gasteiger charge is 2.17. The maximum Gasteiger partial charge on any atom is 0.134 e. The Kier molecular flexibility index (Phi) is 1.87. The Morgan fingerprint density at radius 2 is 2.50 bits per heavy atom. The second-order valence-corrected chi connectivity index (χ2v) is 3.36. The van der Waals surface area contributed by atoms with Gasteiger partial charge in [-0.15, -0.1) is 6.42 Å². The van der Waals surface area contributed by atoms with Crippen LogP contribution in [0.2, 0.25) is 0 Å². The number of nitrogens with zero attached hydrogens (tertiary/aromatic N) is 2. The van der Waals surface area contributed by atoms with Crippen LogP contribution in [-0.4, -0.2) is 9.78 Å². The Balaban J connectivity index is 1.99. The van der Waals surface area contributed by atoms with Crippen molar-refractivity contribution in [3.63, 3.8) is 0 Å². The highest BCUT2D eigenvalue weighted by atomic mass is 15.3. The van der Waals surface area contributed by atoms with E-state index in [-0.39, 0.29) is 0 Å². The molecule has 12 heavy (non-hydrogen) atoms. The van der Waals surface area contributed by atoms with Crippen molar-refractivity contribution in [2.45, 2.75) is 25.8 Å². The molecule has 1 fully saturated rings. The van der Waals surface area contributed by atoms with E-state index in [2.05, 4.69) is 11.0 Å². The van der Waals surface area contributed by atoms with E-state index in [0.717, 1.165) is 18.2 Å². The van der Waals surface area contributed by atoms with E-state index < -0.39 is 0 Å². The molecule has 1 heterocycles. The zero-order valence-electron chi connectivity index (χ0n) is 7.03. The number of terminal acetylenes is 1. The first-order valence-corrected chi connectivity index (χ1v) is 4.38. The van der Waals surface area contributed by atoms with Crippen molar-refractivity contribution in [1.82, 2.24) is 9.78 Å². The van der Waals surface area contributed by atoms with Gasteiger partial charge in [0.25, 0.3) is 0 Å². The molecule has 0 unspecified atom stereocenters. The van der Waals surface area contributed by atoms with Gasteiger partial charge >= 0.3 is 0 Å². The molecule has 2 heteroatoms. The van der Waals surface area contributed by atoms with Crippen LogP contribution in [0.15, 0.2) is 12.3 Å². The van der Waals surface area contributed by atoms with Crippen molar-refractivity contribution in [1.29, 1.82) is 0 Å². The lowest BCUT2D eigenvalue weighted by molar-refractivity contribution is 0.266. The highest BCUT2D eigenvalue weighted by Crippen LogP contribution is 2.27. The Bertz CT molecular complexity index is 302. The molecule has 1 aliphatic carbocycles. The standard InChI is InChI=1S/C10H12N2/c1-2-10-6-7-12(11-10)8-9-4-3-5-9/h1,6-7,9H,3-5,8H2. The van der Waals surface area contributed by atoms with Gasteiger partial charge in [0.2, 0.25) is 0 Å². The molecule has 2 nitrogen and oxygen atoms in total. The van der Waals surface area contributed by atoms with Gasteiger partial charge in [0, 0.05) is 12.7 Å². The van der Waals surface area contributed by atoms with Gasteiger partial charge in [0.05, 0.1) is 0 Å². The van der Waals surface area contributed by atoms with Crippen molar-refractivity contribution in [2.75, 3.05) is 0 Å². The van der Waals surface area contributed by atoms with Crippen LogP contribution >= 0.6 is 0 Å². The Morgan fingerprint density at radius 1 is 1.67 bits per heavy atom. The second-order valence-electron chi connectivity index (χ2n) is 3.36. The van der Waals surface area contributed by atoms with Crippen LogP contribution in [0.3, 0.4) is 0 Å². The Morgan fingerprint density at radius 3 is 3.00 bits per heavy atom. The van der Waals surface area contributed by atoms with Crippen LogP contribution in [0, 0.1) is 18.3 Å². The molecule has 0 aromatic carbocycles. The van der Waals surface area contributed by atoms with Crippen molar-refractivity contribution in [3.8, 4) is 12.3 Å². The lowest BCUT2D eigenvalue weighted by Crippen LogP contribution is -2.18. The lowest BCUT2D eigenvalue weighted by atomic mass is 9.85. The lowest BCUT2D eigenvalue weighted by Gasteiger charge is -2.24. The van der Waals surface area contributed by atoms with Crippen molar-refractivity contribution >= 4 is 0 Å². The van der Waals surface area contributed by atoms with Gasteiger partial charge in [-0.3, -0.25) is 4.68 Å². The SMILES string of the molecule is C#Cc1ccn(CC2CCC2)n1. The van der Waals surface area contributed by atoms with Crippen molar-refractivity contribution < 1.29 is 0 Å². The highest BCUT2D eigenvalue weighted by molar-refractivity contribution is 5.21. The van der Waals surface area contributed by atoms with E-state index in [1.807, 2.05) is 16.9 Å². The normalized spacial score (nSPS) is 16.9. The van der Waals surface area contributed by atoms with Crippen LogP contribution in [0.5, 0.6) is 0 Å². The third-order valence-electron chi connectivity index (χ3n) is 2.46. The summed E-state index contributed by atoms with van der Waals surface area (Å²) in [7, 11) is 0. The van der Waals surface area contributed by atoms with E-state index >= 15 is 0 Å². The van der Waals surface area contributed by atoms with Crippen LogP contribution < -0.4 is 0 Å². The molecule has 1 aromatic rings. The number of hydrogen-bond acceptors (Lipinski definition) is 1. The topological polar surface area (TPSA) is 17.8 Å². The first kappa shape index (κ1) is 7.42. The van der Waals surface area contributed by atoms with Gasteiger partial charge in [-0.25, -0.2) is 0 Å². The van der Waals surface area contributed by atoms with E-state index in [1.54, 1.807) is 0 Å². The molecular weight excluding hydrogens is 148 g/mol. The quantitative estimate of drug-likeness (QED) is 0.602. The zero-order valence-corrected chi connectivity index (χ0v) is 7.03. The first-order chi connectivity index (χ1) is 5.88. The summed E-state index contributed by atoms with van der Waals surface area (Å²) in [6, 6.07) is 1.89. The van der Waals surface area contributed by atoms with Crippen LogP contribution in [0.4, 0.5) is 0 Å². The molecule has 0 N–H and O–H groups in total. The maximum absolute atomic E-state index is 5.21. The minimum atomic E-state index is 0.745. The average Bonchev–Trinajstić information content (AvgIpc) is 2.44. The molecule has 1 aliphatic rings. The van der Waals surface area contributed by atoms with E-state index in [4.69, 9.17) is 6.42 Å². The van der Waals surface area contributed by atoms with Gasteiger partial charge in [-0.2, -0.15) is 5.10 Å². The fourth-order valence-electron chi connectivity index (χ4n) is 1.48. The van der Waals surface area contributed by atoms with Crippen LogP contribution in [0.25, 0.3) is 0 Å². The predicted molar refractivity (Wildman–Crippen MR) is 47.5 cm³/mol. The molecule has 1 aromatic heterocycles.